The maximum absolute atomic E-state index is 14.2. The fourth-order valence-electron chi connectivity index (χ4n) is 7.90. The number of anilines is 1. The molecule has 1 aliphatic carbocycles. The van der Waals surface area contributed by atoms with Crippen molar-refractivity contribution in [2.45, 2.75) is 70.4 Å². The second kappa shape index (κ2) is 11.2. The molecule has 234 valence electrons. The number of amides is 1. The van der Waals surface area contributed by atoms with E-state index in [1.807, 2.05) is 23.4 Å². The van der Waals surface area contributed by atoms with E-state index in [-0.39, 0.29) is 18.0 Å². The van der Waals surface area contributed by atoms with Gasteiger partial charge >= 0.3 is 0 Å². The Kier molecular flexibility index (Phi) is 6.85. The summed E-state index contributed by atoms with van der Waals surface area (Å²) >= 11 is 1.66. The number of nitrogens with zero attached hydrogens (tertiary/aromatic N) is 6. The molecule has 0 bridgehead atoms. The number of hydrogen-bond donors (Lipinski definition) is 1. The van der Waals surface area contributed by atoms with Crippen molar-refractivity contribution >= 4 is 33.1 Å². The van der Waals surface area contributed by atoms with Crippen molar-refractivity contribution in [1.82, 2.24) is 30.0 Å². The van der Waals surface area contributed by atoms with Gasteiger partial charge in [-0.15, -0.1) is 21.5 Å². The van der Waals surface area contributed by atoms with E-state index in [1.165, 1.54) is 5.56 Å². The lowest BCUT2D eigenvalue weighted by atomic mass is 9.90. The van der Waals surface area contributed by atoms with Gasteiger partial charge in [-0.05, 0) is 86.4 Å². The van der Waals surface area contributed by atoms with Crippen molar-refractivity contribution in [2.24, 2.45) is 5.92 Å². The first-order chi connectivity index (χ1) is 22.6. The van der Waals surface area contributed by atoms with Gasteiger partial charge in [-0.2, -0.15) is 0 Å². The second-order valence-electron chi connectivity index (χ2n) is 12.9. The van der Waals surface area contributed by atoms with E-state index in [0.29, 0.717) is 23.3 Å². The molecule has 0 spiro atoms. The molecule has 1 amide bonds. The van der Waals surface area contributed by atoms with E-state index < -0.39 is 0 Å². The van der Waals surface area contributed by atoms with E-state index in [9.17, 15) is 4.79 Å². The highest BCUT2D eigenvalue weighted by molar-refractivity contribution is 7.23. The Balaban J connectivity index is 1.20. The zero-order valence-corrected chi connectivity index (χ0v) is 26.6. The number of aryl methyl sites for hydroxylation is 3. The molecule has 8 heterocycles. The molecule has 0 saturated carbocycles. The first-order valence-electron chi connectivity index (χ1n) is 16.5. The minimum Gasteiger partial charge on any atom is -0.421 e. The average Bonchev–Trinajstić information content (AvgIpc) is 3.92. The van der Waals surface area contributed by atoms with Crippen LogP contribution in [0.2, 0.25) is 0 Å². The summed E-state index contributed by atoms with van der Waals surface area (Å²) in [7, 11) is 0. The Hall–Kier alpha value is -4.22. The smallest absolute Gasteiger partial charge is 0.257 e. The highest BCUT2D eigenvalue weighted by atomic mass is 32.1. The third-order valence-electron chi connectivity index (χ3n) is 10.2. The quantitative estimate of drug-likeness (QED) is 0.205. The number of carbonyl (C=O) groups excluding carboxylic acids is 1. The van der Waals surface area contributed by atoms with E-state index in [4.69, 9.17) is 19.1 Å². The first-order valence-corrected chi connectivity index (χ1v) is 17.3. The molecular formula is C35H35N7O3S. The lowest BCUT2D eigenvalue weighted by Crippen LogP contribution is -2.22. The van der Waals surface area contributed by atoms with Crippen molar-refractivity contribution in [2.75, 3.05) is 25.1 Å². The fourth-order valence-corrected chi connectivity index (χ4v) is 9.06. The summed E-state index contributed by atoms with van der Waals surface area (Å²) in [4.78, 5) is 31.9. The molecule has 2 atom stereocenters. The van der Waals surface area contributed by atoms with Crippen LogP contribution in [0, 0.1) is 12.8 Å². The summed E-state index contributed by atoms with van der Waals surface area (Å²) < 4.78 is 12.8. The van der Waals surface area contributed by atoms with Crippen molar-refractivity contribution in [1.29, 1.82) is 0 Å². The molecule has 46 heavy (non-hydrogen) atoms. The van der Waals surface area contributed by atoms with E-state index in [2.05, 4.69) is 38.7 Å². The molecule has 10 nitrogen and oxygen atoms in total. The monoisotopic (exact) mass is 633 g/mol. The van der Waals surface area contributed by atoms with Crippen molar-refractivity contribution in [3.63, 3.8) is 0 Å². The molecule has 9 rings (SSSR count). The van der Waals surface area contributed by atoms with Gasteiger partial charge in [-0.1, -0.05) is 6.07 Å². The number of fused-ring (bicyclic) bond motifs is 5. The molecule has 11 heteroatoms. The van der Waals surface area contributed by atoms with Crippen LogP contribution in [0.25, 0.3) is 32.0 Å². The summed E-state index contributed by atoms with van der Waals surface area (Å²) in [6.07, 6.45) is 11.5. The molecule has 2 fully saturated rings. The van der Waals surface area contributed by atoms with Gasteiger partial charge in [0.2, 0.25) is 11.8 Å². The number of aromatic nitrogens is 5. The zero-order valence-electron chi connectivity index (χ0n) is 25.8. The topological polar surface area (TPSA) is 119 Å². The third-order valence-corrected chi connectivity index (χ3v) is 11.4. The Morgan fingerprint density at radius 1 is 1.04 bits per heavy atom. The number of thiophene rings is 1. The second-order valence-corrected chi connectivity index (χ2v) is 14.0. The summed E-state index contributed by atoms with van der Waals surface area (Å²) in [5.41, 5.74) is 6.59. The van der Waals surface area contributed by atoms with Crippen LogP contribution in [-0.2, 0) is 17.6 Å². The normalized spacial score (nSPS) is 20.8. The number of rotatable bonds is 7. The minimum atomic E-state index is 0.0193. The Morgan fingerprint density at radius 3 is 2.83 bits per heavy atom. The highest BCUT2D eigenvalue weighted by Gasteiger charge is 2.45. The summed E-state index contributed by atoms with van der Waals surface area (Å²) in [5, 5.41) is 13.5. The van der Waals surface area contributed by atoms with Gasteiger partial charge in [-0.25, -0.2) is 4.98 Å². The molecule has 1 N–H and O–H groups in total. The van der Waals surface area contributed by atoms with Crippen LogP contribution in [0.4, 0.5) is 5.82 Å². The van der Waals surface area contributed by atoms with E-state index >= 15 is 0 Å². The predicted octanol–water partition coefficient (Wildman–Crippen LogP) is 6.86. The van der Waals surface area contributed by atoms with Crippen LogP contribution in [0.15, 0.2) is 41.1 Å². The largest absolute Gasteiger partial charge is 0.421 e. The van der Waals surface area contributed by atoms with Crippen LogP contribution in [0.5, 0.6) is 0 Å². The van der Waals surface area contributed by atoms with Crippen LogP contribution >= 0.6 is 11.3 Å². The molecule has 1 unspecified atom stereocenters. The van der Waals surface area contributed by atoms with Crippen molar-refractivity contribution < 1.29 is 13.9 Å². The SMILES string of the molecule is Cc1nnc(-c2c(CCC3CCOCC3)nc3c(c2-c2cc4ccnc(N[C@@H]5CCc6ncccc65)c4s2)C(=O)N2CCCC32)o1. The van der Waals surface area contributed by atoms with Gasteiger partial charge in [0.1, 0.15) is 5.82 Å². The van der Waals surface area contributed by atoms with Crippen LogP contribution in [0.3, 0.4) is 0 Å². The highest BCUT2D eigenvalue weighted by Crippen LogP contribution is 2.50. The molecule has 3 aliphatic heterocycles. The van der Waals surface area contributed by atoms with Gasteiger partial charge in [0.25, 0.3) is 5.91 Å². The maximum Gasteiger partial charge on any atom is 0.257 e. The van der Waals surface area contributed by atoms with Gasteiger partial charge < -0.3 is 19.4 Å². The predicted molar refractivity (Wildman–Crippen MR) is 175 cm³/mol. The lowest BCUT2D eigenvalue weighted by Gasteiger charge is -2.22. The van der Waals surface area contributed by atoms with E-state index in [1.54, 1.807) is 18.3 Å². The Bertz CT molecular complexity index is 1980. The molecule has 4 aliphatic rings. The molecule has 0 aromatic carbocycles. The van der Waals surface area contributed by atoms with Gasteiger partial charge in [0, 0.05) is 55.2 Å². The van der Waals surface area contributed by atoms with Crippen LogP contribution in [-0.4, -0.2) is 55.7 Å². The molecule has 0 radical (unpaired) electrons. The fraction of sp³-hybridized carbons (Fsp3) is 0.429. The maximum atomic E-state index is 14.2. The molecule has 5 aromatic rings. The van der Waals surface area contributed by atoms with Gasteiger partial charge in [0.15, 0.2) is 0 Å². The minimum absolute atomic E-state index is 0.0193. The third kappa shape index (κ3) is 4.62. The zero-order chi connectivity index (χ0) is 30.8. The number of nitrogens with one attached hydrogen (secondary N) is 1. The van der Waals surface area contributed by atoms with Gasteiger partial charge in [0.05, 0.1) is 39.3 Å². The van der Waals surface area contributed by atoms with Crippen LogP contribution < -0.4 is 5.32 Å². The van der Waals surface area contributed by atoms with E-state index in [0.717, 1.165) is 120 Å². The Labute approximate surface area is 270 Å². The number of pyridine rings is 3. The first kappa shape index (κ1) is 28.0. The van der Waals surface area contributed by atoms with Crippen LogP contribution in [0.1, 0.15) is 89.5 Å². The average molecular weight is 634 g/mol. The summed E-state index contributed by atoms with van der Waals surface area (Å²) in [6.45, 7) is 4.18. The standard InChI is InChI=1S/C35H35N7O3S/c1-19-40-41-34(45-19)28-25(7-6-20-11-16-44-17-12-20)38-31-26-5-3-15-42(26)35(43)30(31)29(28)27-18-21-10-14-37-33(32(21)46-27)39-24-9-8-23-22(24)4-2-13-36-23/h2,4,10,13-14,18,20,24,26H,3,5-9,11-12,15-17H2,1H3,(H,37,39)/t24-,26?/m1/s1. The number of carbonyl (C=O) groups is 1. The summed E-state index contributed by atoms with van der Waals surface area (Å²) in [5.74, 6) is 2.39. The van der Waals surface area contributed by atoms with Crippen molar-refractivity contribution in [3.05, 3.63) is 70.8 Å². The van der Waals surface area contributed by atoms with Crippen molar-refractivity contribution in [3.8, 4) is 21.9 Å². The molecular weight excluding hydrogens is 598 g/mol. The van der Waals surface area contributed by atoms with Gasteiger partial charge in [-0.3, -0.25) is 14.8 Å². The number of hydrogen-bond acceptors (Lipinski definition) is 10. The summed E-state index contributed by atoms with van der Waals surface area (Å²) in [6, 6.07) is 8.58. The molecule has 2 saturated heterocycles. The number of ether oxygens (including phenoxy) is 1. The Morgan fingerprint density at radius 2 is 1.96 bits per heavy atom. The lowest BCUT2D eigenvalue weighted by molar-refractivity contribution is 0.0639. The molecule has 5 aromatic heterocycles.